The van der Waals surface area contributed by atoms with Crippen LogP contribution in [0.25, 0.3) is 0 Å². The fraction of sp³-hybridized carbons (Fsp3) is 0.0667. The van der Waals surface area contributed by atoms with Gasteiger partial charge in [0.15, 0.2) is 0 Å². The van der Waals surface area contributed by atoms with Crippen molar-refractivity contribution in [3.8, 4) is 0 Å². The summed E-state index contributed by atoms with van der Waals surface area (Å²) < 4.78 is 12.8. The lowest BCUT2D eigenvalue weighted by atomic mass is 10.2. The fourth-order valence-electron chi connectivity index (χ4n) is 1.69. The van der Waals surface area contributed by atoms with Crippen LogP contribution in [0.15, 0.2) is 53.4 Å². The van der Waals surface area contributed by atoms with Gasteiger partial charge in [-0.25, -0.2) is 4.39 Å². The van der Waals surface area contributed by atoms with E-state index in [4.69, 9.17) is 0 Å². The molecule has 2 N–H and O–H groups in total. The largest absolute Gasteiger partial charge is 0.270 e. The third-order valence-electron chi connectivity index (χ3n) is 2.75. The van der Waals surface area contributed by atoms with Crippen molar-refractivity contribution in [2.75, 3.05) is 6.26 Å². The molecular weight excluding hydrogens is 291 g/mol. The number of amides is 2. The lowest BCUT2D eigenvalue weighted by Crippen LogP contribution is -2.41. The summed E-state index contributed by atoms with van der Waals surface area (Å²) in [6.07, 6.45) is 1.86. The highest BCUT2D eigenvalue weighted by Crippen LogP contribution is 2.19. The third kappa shape index (κ3) is 3.82. The molecule has 0 fully saturated rings. The molecule has 0 bridgehead atoms. The van der Waals surface area contributed by atoms with E-state index in [-0.39, 0.29) is 5.56 Å². The van der Waals surface area contributed by atoms with Crippen molar-refractivity contribution in [2.45, 2.75) is 4.90 Å². The van der Waals surface area contributed by atoms with Gasteiger partial charge in [-0.2, -0.15) is 0 Å². The average Bonchev–Trinajstić information content (AvgIpc) is 2.52. The van der Waals surface area contributed by atoms with Gasteiger partial charge in [0.2, 0.25) is 0 Å². The first-order valence-corrected chi connectivity index (χ1v) is 7.33. The SMILES string of the molecule is CSc1ccccc1C(=O)NNC(=O)c1ccc(F)cc1. The molecule has 2 rings (SSSR count). The maximum atomic E-state index is 12.8. The predicted molar refractivity (Wildman–Crippen MR) is 79.6 cm³/mol. The minimum atomic E-state index is -0.509. The number of rotatable bonds is 3. The van der Waals surface area contributed by atoms with Crippen LogP contribution >= 0.6 is 11.8 Å². The van der Waals surface area contributed by atoms with Crippen LogP contribution in [0.4, 0.5) is 4.39 Å². The quantitative estimate of drug-likeness (QED) is 0.677. The number of thioether (sulfide) groups is 1. The van der Waals surface area contributed by atoms with Gasteiger partial charge in [0, 0.05) is 10.5 Å². The molecule has 0 aromatic heterocycles. The lowest BCUT2D eigenvalue weighted by Gasteiger charge is -2.09. The van der Waals surface area contributed by atoms with E-state index in [0.717, 1.165) is 4.90 Å². The van der Waals surface area contributed by atoms with E-state index in [2.05, 4.69) is 10.9 Å². The first-order valence-electron chi connectivity index (χ1n) is 6.11. The number of hydrogen-bond donors (Lipinski definition) is 2. The van der Waals surface area contributed by atoms with Gasteiger partial charge in [0.1, 0.15) is 5.82 Å². The highest BCUT2D eigenvalue weighted by molar-refractivity contribution is 7.98. The molecule has 0 radical (unpaired) electrons. The molecule has 0 aliphatic heterocycles. The van der Waals surface area contributed by atoms with Gasteiger partial charge < -0.3 is 0 Å². The Morgan fingerprint density at radius 1 is 0.952 bits per heavy atom. The van der Waals surface area contributed by atoms with Gasteiger partial charge in [0.25, 0.3) is 11.8 Å². The maximum absolute atomic E-state index is 12.8. The van der Waals surface area contributed by atoms with Gasteiger partial charge in [-0.3, -0.25) is 20.4 Å². The molecule has 0 aliphatic carbocycles. The number of hydrogen-bond acceptors (Lipinski definition) is 3. The van der Waals surface area contributed by atoms with E-state index >= 15 is 0 Å². The summed E-state index contributed by atoms with van der Waals surface area (Å²) in [6.45, 7) is 0. The Kier molecular flexibility index (Phi) is 4.94. The number of carbonyl (C=O) groups excluding carboxylic acids is 2. The zero-order valence-electron chi connectivity index (χ0n) is 11.2. The molecule has 0 aliphatic rings. The molecule has 21 heavy (non-hydrogen) atoms. The minimum absolute atomic E-state index is 0.259. The molecule has 0 heterocycles. The molecule has 108 valence electrons. The third-order valence-corrected chi connectivity index (χ3v) is 3.54. The number of halogens is 1. The highest BCUT2D eigenvalue weighted by Gasteiger charge is 2.12. The topological polar surface area (TPSA) is 58.2 Å². The van der Waals surface area contributed by atoms with Crippen molar-refractivity contribution in [1.29, 1.82) is 0 Å². The normalized spacial score (nSPS) is 10.0. The second-order valence-corrected chi connectivity index (χ2v) is 4.96. The van der Waals surface area contributed by atoms with E-state index < -0.39 is 17.6 Å². The Morgan fingerprint density at radius 2 is 1.57 bits per heavy atom. The molecule has 0 saturated heterocycles. The van der Waals surface area contributed by atoms with Crippen molar-refractivity contribution >= 4 is 23.6 Å². The van der Waals surface area contributed by atoms with Crippen molar-refractivity contribution in [3.63, 3.8) is 0 Å². The summed E-state index contributed by atoms with van der Waals surface area (Å²) in [5, 5.41) is 0. The van der Waals surface area contributed by atoms with Crippen LogP contribution in [0.1, 0.15) is 20.7 Å². The Labute approximate surface area is 125 Å². The van der Waals surface area contributed by atoms with E-state index in [1.165, 1.54) is 36.0 Å². The lowest BCUT2D eigenvalue weighted by molar-refractivity contribution is 0.0845. The van der Waals surface area contributed by atoms with E-state index in [0.29, 0.717) is 5.56 Å². The van der Waals surface area contributed by atoms with Gasteiger partial charge in [-0.1, -0.05) is 12.1 Å². The van der Waals surface area contributed by atoms with Crippen LogP contribution in [-0.4, -0.2) is 18.1 Å². The molecule has 0 unspecified atom stereocenters. The Bertz CT molecular complexity index is 659. The summed E-state index contributed by atoms with van der Waals surface area (Å²) in [5.41, 5.74) is 5.37. The number of nitrogens with one attached hydrogen (secondary N) is 2. The number of carbonyl (C=O) groups is 2. The molecule has 0 spiro atoms. The highest BCUT2D eigenvalue weighted by atomic mass is 32.2. The second kappa shape index (κ2) is 6.90. The molecule has 6 heteroatoms. The minimum Gasteiger partial charge on any atom is -0.267 e. The molecule has 4 nitrogen and oxygen atoms in total. The molecule has 2 aromatic carbocycles. The van der Waals surface area contributed by atoms with Crippen LogP contribution in [-0.2, 0) is 0 Å². The molecule has 2 aromatic rings. The van der Waals surface area contributed by atoms with E-state index in [1.807, 2.05) is 18.4 Å². The fourth-order valence-corrected chi connectivity index (χ4v) is 2.28. The maximum Gasteiger partial charge on any atom is 0.270 e. The van der Waals surface area contributed by atoms with E-state index in [9.17, 15) is 14.0 Å². The van der Waals surface area contributed by atoms with Gasteiger partial charge in [-0.05, 0) is 42.7 Å². The Balaban J connectivity index is 2.01. The molecule has 0 saturated carbocycles. The van der Waals surface area contributed by atoms with Crippen molar-refractivity contribution in [1.82, 2.24) is 10.9 Å². The van der Waals surface area contributed by atoms with Crippen LogP contribution in [0.3, 0.4) is 0 Å². The summed E-state index contributed by atoms with van der Waals surface area (Å²) in [7, 11) is 0. The molecular formula is C15H13FN2O2S. The zero-order chi connectivity index (χ0) is 15.2. The van der Waals surface area contributed by atoms with Gasteiger partial charge in [0.05, 0.1) is 5.56 Å². The standard InChI is InChI=1S/C15H13FN2O2S/c1-21-13-5-3-2-4-12(13)15(20)18-17-14(19)10-6-8-11(16)9-7-10/h2-9H,1H3,(H,17,19)(H,18,20). The predicted octanol–water partition coefficient (Wildman–Crippen LogP) is 2.62. The average molecular weight is 304 g/mol. The van der Waals surface area contributed by atoms with Crippen molar-refractivity contribution in [3.05, 3.63) is 65.5 Å². The van der Waals surface area contributed by atoms with Gasteiger partial charge in [-0.15, -0.1) is 11.8 Å². The Morgan fingerprint density at radius 3 is 2.24 bits per heavy atom. The van der Waals surface area contributed by atoms with Crippen molar-refractivity contribution < 1.29 is 14.0 Å². The second-order valence-electron chi connectivity index (χ2n) is 4.12. The summed E-state index contributed by atoms with van der Waals surface area (Å²) in [4.78, 5) is 24.6. The number of hydrazine groups is 1. The van der Waals surface area contributed by atoms with Crippen LogP contribution in [0.5, 0.6) is 0 Å². The summed E-state index contributed by atoms with van der Waals surface area (Å²) >= 11 is 1.44. The number of benzene rings is 2. The Hall–Kier alpha value is -2.34. The van der Waals surface area contributed by atoms with E-state index in [1.54, 1.807) is 12.1 Å². The first kappa shape index (κ1) is 15.1. The molecule has 2 amide bonds. The van der Waals surface area contributed by atoms with Crippen LogP contribution in [0, 0.1) is 5.82 Å². The zero-order valence-corrected chi connectivity index (χ0v) is 12.0. The summed E-state index contributed by atoms with van der Waals surface area (Å²) in [6, 6.07) is 12.1. The smallest absolute Gasteiger partial charge is 0.267 e. The van der Waals surface area contributed by atoms with Crippen LogP contribution < -0.4 is 10.9 Å². The van der Waals surface area contributed by atoms with Gasteiger partial charge >= 0.3 is 0 Å². The van der Waals surface area contributed by atoms with Crippen LogP contribution in [0.2, 0.25) is 0 Å². The first-order chi connectivity index (χ1) is 10.1. The molecule has 0 atom stereocenters. The van der Waals surface area contributed by atoms with Crippen molar-refractivity contribution in [2.24, 2.45) is 0 Å². The monoisotopic (exact) mass is 304 g/mol. The summed E-state index contributed by atoms with van der Waals surface area (Å²) in [5.74, 6) is -1.34.